The van der Waals surface area contributed by atoms with Gasteiger partial charge in [0.05, 0.1) is 19.8 Å². The van der Waals surface area contributed by atoms with E-state index in [4.69, 9.17) is 14.2 Å². The Labute approximate surface area is 124 Å². The first-order valence-corrected chi connectivity index (χ1v) is 6.91. The van der Waals surface area contributed by atoms with Crippen LogP contribution in [0.4, 0.5) is 0 Å². The van der Waals surface area contributed by atoms with Gasteiger partial charge in [0.1, 0.15) is 11.3 Å². The summed E-state index contributed by atoms with van der Waals surface area (Å²) in [6.07, 6.45) is 1.44. The number of benzene rings is 1. The van der Waals surface area contributed by atoms with Gasteiger partial charge < -0.3 is 14.2 Å². The number of hydrogen-bond donors (Lipinski definition) is 0. The van der Waals surface area contributed by atoms with Gasteiger partial charge in [-0.3, -0.25) is 0 Å². The predicted octanol–water partition coefficient (Wildman–Crippen LogP) is 2.59. The predicted molar refractivity (Wildman–Crippen MR) is 78.9 cm³/mol. The van der Waals surface area contributed by atoms with E-state index < -0.39 is 11.9 Å². The van der Waals surface area contributed by atoms with Crippen LogP contribution in [0.15, 0.2) is 29.8 Å². The van der Waals surface area contributed by atoms with Gasteiger partial charge in [-0.15, -0.1) is 0 Å². The van der Waals surface area contributed by atoms with Crippen molar-refractivity contribution in [3.8, 4) is 5.75 Å². The Balaban J connectivity index is 3.08. The fraction of sp³-hybridized carbons (Fsp3) is 0.375. The molecule has 1 aromatic carbocycles. The molecule has 0 aromatic heterocycles. The minimum absolute atomic E-state index is 0.132. The van der Waals surface area contributed by atoms with Gasteiger partial charge in [0.15, 0.2) is 0 Å². The second-order valence-electron chi connectivity index (χ2n) is 4.00. The molecule has 0 heterocycles. The van der Waals surface area contributed by atoms with Crippen LogP contribution in [0, 0.1) is 0 Å². The Hall–Kier alpha value is -2.30. The molecule has 1 rings (SSSR count). The Morgan fingerprint density at radius 2 is 1.62 bits per heavy atom. The molecule has 0 atom stereocenters. The maximum atomic E-state index is 11.9. The number of rotatable bonds is 7. The van der Waals surface area contributed by atoms with Crippen molar-refractivity contribution in [3.63, 3.8) is 0 Å². The lowest BCUT2D eigenvalue weighted by molar-refractivity contribution is -0.146. The van der Waals surface area contributed by atoms with Crippen LogP contribution in [0.25, 0.3) is 6.08 Å². The fourth-order valence-electron chi connectivity index (χ4n) is 1.65. The average Bonchev–Trinajstić information content (AvgIpc) is 2.46. The maximum Gasteiger partial charge on any atom is 0.345 e. The first-order chi connectivity index (χ1) is 10.1. The van der Waals surface area contributed by atoms with Gasteiger partial charge in [-0.1, -0.05) is 12.1 Å². The van der Waals surface area contributed by atoms with E-state index >= 15 is 0 Å². The lowest BCUT2D eigenvalue weighted by atomic mass is 10.1. The highest BCUT2D eigenvalue weighted by atomic mass is 16.6. The van der Waals surface area contributed by atoms with Gasteiger partial charge in [0.25, 0.3) is 0 Å². The summed E-state index contributed by atoms with van der Waals surface area (Å²) in [5, 5.41) is 0. The number of ether oxygens (including phenoxy) is 3. The average molecular weight is 292 g/mol. The molecule has 0 bridgehead atoms. The SMILES string of the molecule is CCOC(=O)C(=Cc1cccc(OCC)c1)C(=O)OCC. The van der Waals surface area contributed by atoms with E-state index in [1.54, 1.807) is 38.1 Å². The van der Waals surface area contributed by atoms with Crippen LogP contribution in [0.1, 0.15) is 26.3 Å². The molecule has 114 valence electrons. The van der Waals surface area contributed by atoms with Crippen LogP contribution >= 0.6 is 0 Å². The van der Waals surface area contributed by atoms with Gasteiger partial charge in [0.2, 0.25) is 0 Å². The molecule has 5 heteroatoms. The van der Waals surface area contributed by atoms with Crippen LogP contribution < -0.4 is 4.74 Å². The maximum absolute atomic E-state index is 11.9. The smallest absolute Gasteiger partial charge is 0.345 e. The lowest BCUT2D eigenvalue weighted by Crippen LogP contribution is -2.18. The van der Waals surface area contributed by atoms with Crippen molar-refractivity contribution in [1.82, 2.24) is 0 Å². The normalized spacial score (nSPS) is 9.67. The summed E-state index contributed by atoms with van der Waals surface area (Å²) in [7, 11) is 0. The van der Waals surface area contributed by atoms with Crippen molar-refractivity contribution in [2.24, 2.45) is 0 Å². The number of carbonyl (C=O) groups excluding carboxylic acids is 2. The van der Waals surface area contributed by atoms with Crippen molar-refractivity contribution in [2.45, 2.75) is 20.8 Å². The van der Waals surface area contributed by atoms with Crippen LogP contribution in [0.3, 0.4) is 0 Å². The van der Waals surface area contributed by atoms with E-state index in [2.05, 4.69) is 0 Å². The zero-order valence-electron chi connectivity index (χ0n) is 12.5. The highest BCUT2D eigenvalue weighted by molar-refractivity contribution is 6.17. The molecule has 5 nitrogen and oxygen atoms in total. The van der Waals surface area contributed by atoms with E-state index in [1.165, 1.54) is 6.08 Å². The van der Waals surface area contributed by atoms with Crippen LogP contribution in [-0.2, 0) is 19.1 Å². The van der Waals surface area contributed by atoms with Gasteiger partial charge >= 0.3 is 11.9 Å². The molecule has 0 spiro atoms. The van der Waals surface area contributed by atoms with Crippen LogP contribution in [0.2, 0.25) is 0 Å². The Kier molecular flexibility index (Phi) is 7.01. The highest BCUT2D eigenvalue weighted by Crippen LogP contribution is 2.17. The van der Waals surface area contributed by atoms with Gasteiger partial charge in [-0.05, 0) is 44.5 Å². The summed E-state index contributed by atoms with van der Waals surface area (Å²) in [6, 6.07) is 7.09. The molecular formula is C16H20O5. The molecule has 0 fully saturated rings. The van der Waals surface area contributed by atoms with Crippen molar-refractivity contribution < 1.29 is 23.8 Å². The molecule has 0 saturated carbocycles. The van der Waals surface area contributed by atoms with E-state index in [1.807, 2.05) is 6.92 Å². The zero-order valence-corrected chi connectivity index (χ0v) is 12.5. The molecule has 0 saturated heterocycles. The van der Waals surface area contributed by atoms with E-state index in [0.29, 0.717) is 17.9 Å². The standard InChI is InChI=1S/C16H20O5/c1-4-19-13-9-7-8-12(10-13)11-14(15(17)20-5-2)16(18)21-6-3/h7-11H,4-6H2,1-3H3. The summed E-state index contributed by atoms with van der Waals surface area (Å²) >= 11 is 0. The quantitative estimate of drug-likeness (QED) is 0.334. The minimum atomic E-state index is -0.697. The molecule has 0 unspecified atom stereocenters. The Bertz CT molecular complexity index is 499. The van der Waals surface area contributed by atoms with Crippen LogP contribution in [-0.4, -0.2) is 31.8 Å². The first-order valence-electron chi connectivity index (χ1n) is 6.91. The number of hydrogen-bond acceptors (Lipinski definition) is 5. The van der Waals surface area contributed by atoms with E-state index in [9.17, 15) is 9.59 Å². The van der Waals surface area contributed by atoms with Crippen molar-refractivity contribution in [3.05, 3.63) is 35.4 Å². The molecule has 21 heavy (non-hydrogen) atoms. The fourth-order valence-corrected chi connectivity index (χ4v) is 1.65. The summed E-state index contributed by atoms with van der Waals surface area (Å²) in [5.74, 6) is -0.728. The van der Waals surface area contributed by atoms with Crippen molar-refractivity contribution in [1.29, 1.82) is 0 Å². The van der Waals surface area contributed by atoms with Gasteiger partial charge in [0, 0.05) is 0 Å². The Morgan fingerprint density at radius 1 is 1.00 bits per heavy atom. The minimum Gasteiger partial charge on any atom is -0.494 e. The summed E-state index contributed by atoms with van der Waals surface area (Å²) in [4.78, 5) is 23.7. The third-order valence-electron chi connectivity index (χ3n) is 2.47. The lowest BCUT2D eigenvalue weighted by Gasteiger charge is -2.07. The van der Waals surface area contributed by atoms with Gasteiger partial charge in [-0.2, -0.15) is 0 Å². The summed E-state index contributed by atoms with van der Waals surface area (Å²) in [6.45, 7) is 6.15. The first kappa shape index (κ1) is 16.8. The van der Waals surface area contributed by atoms with Crippen LogP contribution in [0.5, 0.6) is 5.75 Å². The third kappa shape index (κ3) is 5.30. The van der Waals surface area contributed by atoms with Crippen molar-refractivity contribution >= 4 is 18.0 Å². The molecule has 0 amide bonds. The van der Waals surface area contributed by atoms with E-state index in [-0.39, 0.29) is 18.8 Å². The zero-order chi connectivity index (χ0) is 15.7. The monoisotopic (exact) mass is 292 g/mol. The topological polar surface area (TPSA) is 61.8 Å². The largest absolute Gasteiger partial charge is 0.494 e. The second kappa shape index (κ2) is 8.79. The molecule has 0 N–H and O–H groups in total. The second-order valence-corrected chi connectivity index (χ2v) is 4.00. The molecular weight excluding hydrogens is 272 g/mol. The van der Waals surface area contributed by atoms with Crippen molar-refractivity contribution in [2.75, 3.05) is 19.8 Å². The van der Waals surface area contributed by atoms with E-state index in [0.717, 1.165) is 0 Å². The number of esters is 2. The molecule has 0 radical (unpaired) electrons. The molecule has 0 aliphatic heterocycles. The summed E-state index contributed by atoms with van der Waals surface area (Å²) < 4.78 is 15.1. The number of carbonyl (C=O) groups is 2. The third-order valence-corrected chi connectivity index (χ3v) is 2.47. The summed E-state index contributed by atoms with van der Waals surface area (Å²) in [5.41, 5.74) is 0.532. The molecule has 1 aromatic rings. The van der Waals surface area contributed by atoms with Gasteiger partial charge in [-0.25, -0.2) is 9.59 Å². The molecule has 0 aliphatic carbocycles. The highest BCUT2D eigenvalue weighted by Gasteiger charge is 2.20. The Morgan fingerprint density at radius 3 is 2.14 bits per heavy atom. The molecule has 0 aliphatic rings.